The summed E-state index contributed by atoms with van der Waals surface area (Å²) in [6.45, 7) is 4.67. The van der Waals surface area contributed by atoms with Crippen molar-refractivity contribution in [3.63, 3.8) is 0 Å². The van der Waals surface area contributed by atoms with Gasteiger partial charge in [-0.3, -0.25) is 4.79 Å². The fourth-order valence-corrected chi connectivity index (χ4v) is 3.86. The van der Waals surface area contributed by atoms with Crippen molar-refractivity contribution in [3.8, 4) is 0 Å². The molecule has 2 aliphatic rings. The smallest absolute Gasteiger partial charge is 0.339 e. The second-order valence-corrected chi connectivity index (χ2v) is 6.59. The monoisotopic (exact) mass is 325 g/mol. The number of nitrogens with zero attached hydrogens (tertiary/aromatic N) is 1. The van der Waals surface area contributed by atoms with Crippen molar-refractivity contribution in [2.24, 2.45) is 0 Å². The molecule has 24 heavy (non-hydrogen) atoms. The molecule has 1 atom stereocenters. The number of piperidine rings is 1. The van der Waals surface area contributed by atoms with E-state index in [2.05, 4.69) is 0 Å². The quantitative estimate of drug-likeness (QED) is 0.756. The van der Waals surface area contributed by atoms with Crippen LogP contribution in [-0.4, -0.2) is 29.9 Å². The van der Waals surface area contributed by atoms with E-state index in [1.54, 1.807) is 24.0 Å². The van der Waals surface area contributed by atoms with E-state index in [1.807, 2.05) is 25.1 Å². The molecule has 4 rings (SSSR count). The molecule has 1 spiro atoms. The highest BCUT2D eigenvalue weighted by Crippen LogP contribution is 2.43. The Balaban J connectivity index is 1.67. The number of aryl methyl sites for hydroxylation is 2. The van der Waals surface area contributed by atoms with E-state index in [4.69, 9.17) is 9.15 Å². The van der Waals surface area contributed by atoms with Gasteiger partial charge in [-0.05, 0) is 38.8 Å². The lowest BCUT2D eigenvalue weighted by molar-refractivity contribution is -0.0442. The summed E-state index contributed by atoms with van der Waals surface area (Å²) in [4.78, 5) is 26.9. The van der Waals surface area contributed by atoms with Crippen molar-refractivity contribution in [2.45, 2.75) is 32.3 Å². The van der Waals surface area contributed by atoms with Gasteiger partial charge < -0.3 is 14.1 Å². The van der Waals surface area contributed by atoms with Gasteiger partial charge in [-0.1, -0.05) is 18.2 Å². The lowest BCUT2D eigenvalue weighted by Crippen LogP contribution is -2.48. The Bertz CT molecular complexity index is 838. The molecule has 0 radical (unpaired) electrons. The van der Waals surface area contributed by atoms with Gasteiger partial charge in [0, 0.05) is 12.1 Å². The molecular formula is C19H19NO4. The maximum absolute atomic E-state index is 12.9. The third-order valence-electron chi connectivity index (χ3n) is 4.94. The molecule has 0 unspecified atom stereocenters. The molecule has 1 aromatic heterocycles. The fraction of sp³-hybridized carbons (Fsp3) is 0.368. The highest BCUT2D eigenvalue weighted by molar-refractivity contribution is 5.97. The van der Waals surface area contributed by atoms with Crippen molar-refractivity contribution in [1.82, 2.24) is 4.90 Å². The minimum atomic E-state index is -0.714. The average molecular weight is 325 g/mol. The fourth-order valence-electron chi connectivity index (χ4n) is 3.86. The number of esters is 1. The number of hydrogen-bond donors (Lipinski definition) is 0. The molecule has 0 aliphatic carbocycles. The summed E-state index contributed by atoms with van der Waals surface area (Å²) in [5.74, 6) is 0.986. The molecule has 2 aromatic rings. The van der Waals surface area contributed by atoms with Crippen LogP contribution in [0.15, 0.2) is 34.7 Å². The predicted molar refractivity (Wildman–Crippen MR) is 86.9 cm³/mol. The van der Waals surface area contributed by atoms with Crippen LogP contribution >= 0.6 is 0 Å². The summed E-state index contributed by atoms with van der Waals surface area (Å²) < 4.78 is 11.2. The summed E-state index contributed by atoms with van der Waals surface area (Å²) in [5.41, 5.74) is 1.38. The zero-order valence-electron chi connectivity index (χ0n) is 13.8. The van der Waals surface area contributed by atoms with Gasteiger partial charge in [0.15, 0.2) is 5.60 Å². The number of amides is 1. The van der Waals surface area contributed by atoms with Crippen LogP contribution in [0.25, 0.3) is 0 Å². The molecule has 1 saturated heterocycles. The van der Waals surface area contributed by atoms with Crippen LogP contribution in [0.1, 0.15) is 50.6 Å². The topological polar surface area (TPSA) is 59.8 Å². The molecule has 1 amide bonds. The molecule has 3 heterocycles. The average Bonchev–Trinajstić information content (AvgIpc) is 3.05. The number of fused-ring (bicyclic) bond motifs is 2. The number of benzene rings is 1. The van der Waals surface area contributed by atoms with Crippen LogP contribution in [0.2, 0.25) is 0 Å². The molecule has 1 fully saturated rings. The van der Waals surface area contributed by atoms with Crippen molar-refractivity contribution in [3.05, 3.63) is 58.5 Å². The normalized spacial score (nSPS) is 22.6. The van der Waals surface area contributed by atoms with Gasteiger partial charge in [-0.25, -0.2) is 4.79 Å². The Morgan fingerprint density at radius 3 is 2.79 bits per heavy atom. The number of likely N-dealkylation sites (tertiary alicyclic amines) is 1. The van der Waals surface area contributed by atoms with Crippen molar-refractivity contribution in [2.75, 3.05) is 13.1 Å². The lowest BCUT2D eigenvalue weighted by Gasteiger charge is -2.39. The Morgan fingerprint density at radius 2 is 2.04 bits per heavy atom. The first-order valence-electron chi connectivity index (χ1n) is 8.19. The van der Waals surface area contributed by atoms with Crippen LogP contribution in [0.4, 0.5) is 0 Å². The molecular weight excluding hydrogens is 306 g/mol. The zero-order chi connectivity index (χ0) is 16.9. The van der Waals surface area contributed by atoms with Gasteiger partial charge in [0.05, 0.1) is 17.7 Å². The highest BCUT2D eigenvalue weighted by Gasteiger charge is 2.48. The molecule has 124 valence electrons. The first kappa shape index (κ1) is 15.0. The van der Waals surface area contributed by atoms with Gasteiger partial charge in [0.25, 0.3) is 5.91 Å². The van der Waals surface area contributed by atoms with Crippen LogP contribution in [0.3, 0.4) is 0 Å². The van der Waals surface area contributed by atoms with Gasteiger partial charge >= 0.3 is 5.97 Å². The van der Waals surface area contributed by atoms with E-state index in [0.29, 0.717) is 30.0 Å². The second kappa shape index (κ2) is 5.23. The van der Waals surface area contributed by atoms with Gasteiger partial charge in [0.2, 0.25) is 0 Å². The number of ether oxygens (including phenoxy) is 1. The molecule has 5 heteroatoms. The van der Waals surface area contributed by atoms with Gasteiger partial charge in [-0.15, -0.1) is 0 Å². The van der Waals surface area contributed by atoms with Crippen molar-refractivity contribution < 1.29 is 18.7 Å². The van der Waals surface area contributed by atoms with E-state index >= 15 is 0 Å². The predicted octanol–water partition coefficient (Wildman–Crippen LogP) is 3.20. The Hall–Kier alpha value is -2.56. The Labute approximate surface area is 140 Å². The number of carbonyl (C=O) groups excluding carboxylic acids is 2. The van der Waals surface area contributed by atoms with Crippen LogP contribution < -0.4 is 0 Å². The molecule has 0 N–H and O–H groups in total. The van der Waals surface area contributed by atoms with Crippen molar-refractivity contribution in [1.29, 1.82) is 0 Å². The molecule has 1 aromatic carbocycles. The van der Waals surface area contributed by atoms with E-state index in [-0.39, 0.29) is 11.9 Å². The SMILES string of the molecule is Cc1cc(C(=O)N2CCC[C@]3(C2)OC(=O)c2ccccc23)c(C)o1. The summed E-state index contributed by atoms with van der Waals surface area (Å²) in [7, 11) is 0. The minimum Gasteiger partial charge on any atom is -0.466 e. The second-order valence-electron chi connectivity index (χ2n) is 6.59. The maximum Gasteiger partial charge on any atom is 0.339 e. The lowest BCUT2D eigenvalue weighted by atomic mass is 9.85. The van der Waals surface area contributed by atoms with E-state index in [9.17, 15) is 9.59 Å². The third-order valence-corrected chi connectivity index (χ3v) is 4.94. The minimum absolute atomic E-state index is 0.0659. The first-order chi connectivity index (χ1) is 11.5. The Kier molecular flexibility index (Phi) is 3.27. The van der Waals surface area contributed by atoms with Crippen molar-refractivity contribution >= 4 is 11.9 Å². The highest BCUT2D eigenvalue weighted by atomic mass is 16.6. The third kappa shape index (κ3) is 2.15. The van der Waals surface area contributed by atoms with Crippen LogP contribution in [-0.2, 0) is 10.3 Å². The maximum atomic E-state index is 12.9. The first-order valence-corrected chi connectivity index (χ1v) is 8.19. The largest absolute Gasteiger partial charge is 0.466 e. The molecule has 0 saturated carbocycles. The molecule has 2 aliphatic heterocycles. The number of carbonyl (C=O) groups is 2. The summed E-state index contributed by atoms with van der Waals surface area (Å²) in [5, 5.41) is 0. The molecule has 0 bridgehead atoms. The summed E-state index contributed by atoms with van der Waals surface area (Å²) in [6, 6.07) is 9.24. The zero-order valence-corrected chi connectivity index (χ0v) is 13.8. The number of hydrogen-bond acceptors (Lipinski definition) is 4. The summed E-state index contributed by atoms with van der Waals surface area (Å²) >= 11 is 0. The van der Waals surface area contributed by atoms with E-state index < -0.39 is 5.60 Å². The van der Waals surface area contributed by atoms with Crippen LogP contribution in [0, 0.1) is 13.8 Å². The Morgan fingerprint density at radius 1 is 1.25 bits per heavy atom. The summed E-state index contributed by atoms with van der Waals surface area (Å²) in [6.07, 6.45) is 1.53. The standard InChI is InChI=1S/C19H19NO4/c1-12-10-15(13(2)23-12)17(21)20-9-5-8-19(11-20)16-7-4-3-6-14(16)18(22)24-19/h3-4,6-7,10H,5,8-9,11H2,1-2H3/t19-/m1/s1. The number of furan rings is 1. The number of rotatable bonds is 1. The van der Waals surface area contributed by atoms with Gasteiger partial charge in [0.1, 0.15) is 11.5 Å². The van der Waals surface area contributed by atoms with Crippen LogP contribution in [0.5, 0.6) is 0 Å². The molecule has 5 nitrogen and oxygen atoms in total. The van der Waals surface area contributed by atoms with E-state index in [1.165, 1.54) is 0 Å². The van der Waals surface area contributed by atoms with Gasteiger partial charge in [-0.2, -0.15) is 0 Å². The van der Waals surface area contributed by atoms with E-state index in [0.717, 1.165) is 24.2 Å².